The summed E-state index contributed by atoms with van der Waals surface area (Å²) in [6.45, 7) is 1.68. The van der Waals surface area contributed by atoms with Crippen LogP contribution >= 0.6 is 0 Å². The van der Waals surface area contributed by atoms with Gasteiger partial charge in [0, 0.05) is 24.0 Å². The quantitative estimate of drug-likeness (QED) is 0.616. The lowest BCUT2D eigenvalue weighted by atomic mass is 10.2. The van der Waals surface area contributed by atoms with Crippen molar-refractivity contribution in [1.82, 2.24) is 5.32 Å². The minimum atomic E-state index is -0.994. The lowest BCUT2D eigenvalue weighted by Gasteiger charge is -2.14. The standard InChI is InChI=1S/C20H21N3O6/c1-13(19(25)22-15-7-8-16-17(11-15)28-12-27-16)29-18(24)9-10-21-20(26)23-14-5-3-2-4-6-14/h2-8,11,13H,9-10,12H2,1H3,(H,22,25)(H2,21,23,26)/t13-/m1/s1. The zero-order valence-electron chi connectivity index (χ0n) is 15.8. The molecule has 0 unspecified atom stereocenters. The fourth-order valence-electron chi connectivity index (χ4n) is 2.50. The molecule has 1 aliphatic rings. The summed E-state index contributed by atoms with van der Waals surface area (Å²) < 4.78 is 15.6. The maximum Gasteiger partial charge on any atom is 0.319 e. The van der Waals surface area contributed by atoms with Crippen molar-refractivity contribution < 1.29 is 28.6 Å². The second-order valence-electron chi connectivity index (χ2n) is 6.19. The van der Waals surface area contributed by atoms with Gasteiger partial charge in [-0.05, 0) is 31.2 Å². The highest BCUT2D eigenvalue weighted by molar-refractivity contribution is 5.95. The molecule has 0 saturated heterocycles. The van der Waals surface area contributed by atoms with Crippen LogP contribution in [-0.4, -0.2) is 37.3 Å². The second-order valence-corrected chi connectivity index (χ2v) is 6.19. The molecule has 0 aromatic heterocycles. The molecule has 0 spiro atoms. The summed E-state index contributed by atoms with van der Waals surface area (Å²) in [5.41, 5.74) is 1.14. The summed E-state index contributed by atoms with van der Waals surface area (Å²) in [6, 6.07) is 13.5. The van der Waals surface area contributed by atoms with Gasteiger partial charge < -0.3 is 30.2 Å². The average molecular weight is 399 g/mol. The fraction of sp³-hybridized carbons (Fsp3) is 0.250. The first-order chi connectivity index (χ1) is 14.0. The third-order valence-electron chi connectivity index (χ3n) is 3.96. The van der Waals surface area contributed by atoms with Crippen molar-refractivity contribution in [3.63, 3.8) is 0 Å². The van der Waals surface area contributed by atoms with Gasteiger partial charge in [-0.25, -0.2) is 4.79 Å². The Morgan fingerprint density at radius 2 is 1.76 bits per heavy atom. The van der Waals surface area contributed by atoms with E-state index in [1.54, 1.807) is 42.5 Å². The molecule has 9 heteroatoms. The third kappa shape index (κ3) is 5.86. The molecule has 1 aliphatic heterocycles. The third-order valence-corrected chi connectivity index (χ3v) is 3.96. The fourth-order valence-corrected chi connectivity index (χ4v) is 2.50. The largest absolute Gasteiger partial charge is 0.454 e. The zero-order valence-corrected chi connectivity index (χ0v) is 15.8. The van der Waals surface area contributed by atoms with Crippen molar-refractivity contribution in [2.24, 2.45) is 0 Å². The van der Waals surface area contributed by atoms with E-state index in [1.165, 1.54) is 6.92 Å². The van der Waals surface area contributed by atoms with Crippen LogP contribution < -0.4 is 25.4 Å². The Hall–Kier alpha value is -3.75. The summed E-state index contributed by atoms with van der Waals surface area (Å²) in [7, 11) is 0. The second kappa shape index (κ2) is 9.45. The Bertz CT molecular complexity index is 887. The minimum absolute atomic E-state index is 0.0656. The van der Waals surface area contributed by atoms with E-state index in [-0.39, 0.29) is 19.8 Å². The number of nitrogens with one attached hydrogen (secondary N) is 3. The summed E-state index contributed by atoms with van der Waals surface area (Å²) in [6.07, 6.45) is -1.06. The first-order valence-corrected chi connectivity index (χ1v) is 9.01. The monoisotopic (exact) mass is 399 g/mol. The number of hydrogen-bond donors (Lipinski definition) is 3. The number of urea groups is 1. The summed E-state index contributed by atoms with van der Waals surface area (Å²) in [5, 5.41) is 7.83. The molecule has 9 nitrogen and oxygen atoms in total. The number of benzene rings is 2. The van der Waals surface area contributed by atoms with Crippen LogP contribution in [0.25, 0.3) is 0 Å². The van der Waals surface area contributed by atoms with E-state index in [0.29, 0.717) is 22.9 Å². The van der Waals surface area contributed by atoms with Crippen molar-refractivity contribution in [3.05, 3.63) is 48.5 Å². The van der Waals surface area contributed by atoms with Crippen molar-refractivity contribution in [3.8, 4) is 11.5 Å². The van der Waals surface area contributed by atoms with Gasteiger partial charge in [-0.2, -0.15) is 0 Å². The molecular weight excluding hydrogens is 378 g/mol. The Kier molecular flexibility index (Phi) is 6.51. The van der Waals surface area contributed by atoms with Crippen LogP contribution in [0.2, 0.25) is 0 Å². The predicted molar refractivity (Wildman–Crippen MR) is 105 cm³/mol. The molecule has 1 heterocycles. The lowest BCUT2D eigenvalue weighted by Crippen LogP contribution is -2.33. The highest BCUT2D eigenvalue weighted by Crippen LogP contribution is 2.34. The first kappa shape index (κ1) is 20.0. The number of ether oxygens (including phenoxy) is 3. The number of rotatable bonds is 7. The van der Waals surface area contributed by atoms with Gasteiger partial charge in [-0.15, -0.1) is 0 Å². The smallest absolute Gasteiger partial charge is 0.319 e. The average Bonchev–Trinajstić information content (AvgIpc) is 3.16. The van der Waals surface area contributed by atoms with Crippen molar-refractivity contribution >= 4 is 29.3 Å². The highest BCUT2D eigenvalue weighted by Gasteiger charge is 2.19. The molecule has 3 amide bonds. The summed E-state index contributed by atoms with van der Waals surface area (Å²) >= 11 is 0. The number of fused-ring (bicyclic) bond motifs is 1. The van der Waals surface area contributed by atoms with Crippen LogP contribution in [0.15, 0.2) is 48.5 Å². The Morgan fingerprint density at radius 1 is 1.00 bits per heavy atom. The Labute approximate surface area is 167 Å². The van der Waals surface area contributed by atoms with E-state index < -0.39 is 24.0 Å². The van der Waals surface area contributed by atoms with Crippen molar-refractivity contribution in [1.29, 1.82) is 0 Å². The number of carbonyl (C=O) groups is 3. The van der Waals surface area contributed by atoms with Gasteiger partial charge >= 0.3 is 12.0 Å². The van der Waals surface area contributed by atoms with Gasteiger partial charge in [0.15, 0.2) is 17.6 Å². The van der Waals surface area contributed by atoms with Crippen LogP contribution in [0, 0.1) is 0 Å². The Morgan fingerprint density at radius 3 is 2.55 bits per heavy atom. The normalized spacial score (nSPS) is 12.6. The van der Waals surface area contributed by atoms with Gasteiger partial charge in [0.1, 0.15) is 0 Å². The number of para-hydroxylation sites is 1. The maximum atomic E-state index is 12.2. The van der Waals surface area contributed by atoms with E-state index in [0.717, 1.165) is 0 Å². The van der Waals surface area contributed by atoms with Crippen LogP contribution in [0.5, 0.6) is 11.5 Å². The zero-order chi connectivity index (χ0) is 20.6. The number of esters is 1. The van der Waals surface area contributed by atoms with Crippen molar-refractivity contribution in [2.45, 2.75) is 19.4 Å². The Balaban J connectivity index is 1.37. The molecule has 0 aliphatic carbocycles. The van der Waals surface area contributed by atoms with E-state index >= 15 is 0 Å². The number of hydrogen-bond acceptors (Lipinski definition) is 6. The number of amides is 3. The van der Waals surface area contributed by atoms with E-state index in [2.05, 4.69) is 16.0 Å². The van der Waals surface area contributed by atoms with Gasteiger partial charge in [0.05, 0.1) is 6.42 Å². The van der Waals surface area contributed by atoms with Gasteiger partial charge in [-0.1, -0.05) is 18.2 Å². The molecule has 0 fully saturated rings. The molecule has 3 rings (SSSR count). The molecule has 3 N–H and O–H groups in total. The highest BCUT2D eigenvalue weighted by atomic mass is 16.7. The number of anilines is 2. The molecule has 0 bridgehead atoms. The van der Waals surface area contributed by atoms with E-state index in [9.17, 15) is 14.4 Å². The predicted octanol–water partition coefficient (Wildman–Crippen LogP) is 2.50. The van der Waals surface area contributed by atoms with Crippen LogP contribution in [0.1, 0.15) is 13.3 Å². The minimum Gasteiger partial charge on any atom is -0.454 e. The molecule has 2 aromatic carbocycles. The molecule has 1 atom stereocenters. The topological polar surface area (TPSA) is 115 Å². The van der Waals surface area contributed by atoms with Crippen LogP contribution in [-0.2, 0) is 14.3 Å². The number of carbonyl (C=O) groups excluding carboxylic acids is 3. The molecule has 29 heavy (non-hydrogen) atoms. The van der Waals surface area contributed by atoms with E-state index in [1.807, 2.05) is 6.07 Å². The van der Waals surface area contributed by atoms with Crippen LogP contribution in [0.4, 0.5) is 16.2 Å². The van der Waals surface area contributed by atoms with Gasteiger partial charge in [-0.3, -0.25) is 9.59 Å². The van der Waals surface area contributed by atoms with Crippen molar-refractivity contribution in [2.75, 3.05) is 24.0 Å². The summed E-state index contributed by atoms with van der Waals surface area (Å²) in [5.74, 6) is 0.0592. The van der Waals surface area contributed by atoms with E-state index in [4.69, 9.17) is 14.2 Å². The van der Waals surface area contributed by atoms with Crippen LogP contribution in [0.3, 0.4) is 0 Å². The van der Waals surface area contributed by atoms with Gasteiger partial charge in [0.2, 0.25) is 6.79 Å². The first-order valence-electron chi connectivity index (χ1n) is 9.01. The molecule has 0 radical (unpaired) electrons. The van der Waals surface area contributed by atoms with Gasteiger partial charge in [0.25, 0.3) is 5.91 Å². The maximum absolute atomic E-state index is 12.2. The summed E-state index contributed by atoms with van der Waals surface area (Å²) in [4.78, 5) is 35.8. The molecule has 152 valence electrons. The SMILES string of the molecule is C[C@@H](OC(=O)CCNC(=O)Nc1ccccc1)C(=O)Nc1ccc2c(c1)OCO2. The molecule has 2 aromatic rings. The lowest BCUT2D eigenvalue weighted by molar-refractivity contribution is -0.153. The molecular formula is C20H21N3O6. The molecule has 0 saturated carbocycles.